The Balaban J connectivity index is 1.37. The molecule has 0 aliphatic heterocycles. The predicted molar refractivity (Wildman–Crippen MR) is 100 cm³/mol. The number of nitrogens with zero attached hydrogens (tertiary/aromatic N) is 2. The number of aromatic nitrogens is 2. The molecule has 6 heteroatoms. The van der Waals surface area contributed by atoms with Crippen molar-refractivity contribution in [3.05, 3.63) is 60.4 Å². The largest absolute Gasteiger partial charge is 0.497 e. The van der Waals surface area contributed by atoms with Gasteiger partial charge in [0.05, 0.1) is 20.3 Å². The number of rotatable bonds is 7. The quantitative estimate of drug-likeness (QED) is 0.508. The highest BCUT2D eigenvalue weighted by Gasteiger charge is 2.12. The van der Waals surface area contributed by atoms with Gasteiger partial charge in [-0.05, 0) is 29.8 Å². The first kappa shape index (κ1) is 16.4. The van der Waals surface area contributed by atoms with Crippen LogP contribution in [0.5, 0.6) is 5.75 Å². The zero-order valence-corrected chi connectivity index (χ0v) is 14.4. The Labute approximate surface area is 150 Å². The van der Waals surface area contributed by atoms with E-state index in [4.69, 9.17) is 13.9 Å². The molecule has 132 valence electrons. The first-order valence-corrected chi connectivity index (χ1v) is 8.42. The lowest BCUT2D eigenvalue weighted by molar-refractivity contribution is 0.130. The number of furan rings is 1. The molecule has 6 nitrogen and oxygen atoms in total. The molecule has 0 fully saturated rings. The number of para-hydroxylation sites is 1. The average molecular weight is 349 g/mol. The van der Waals surface area contributed by atoms with Gasteiger partial charge in [0, 0.05) is 11.9 Å². The van der Waals surface area contributed by atoms with Crippen molar-refractivity contribution in [3.63, 3.8) is 0 Å². The second kappa shape index (κ2) is 7.41. The van der Waals surface area contributed by atoms with Gasteiger partial charge in [-0.15, -0.1) is 0 Å². The fourth-order valence-electron chi connectivity index (χ4n) is 2.84. The summed E-state index contributed by atoms with van der Waals surface area (Å²) >= 11 is 0. The monoisotopic (exact) mass is 349 g/mol. The molecule has 0 amide bonds. The van der Waals surface area contributed by atoms with Gasteiger partial charge in [0.25, 0.3) is 0 Å². The average Bonchev–Trinajstić information content (AvgIpc) is 3.07. The fraction of sp³-hybridized carbons (Fsp3) is 0.200. The third kappa shape index (κ3) is 3.32. The molecule has 0 saturated heterocycles. The highest BCUT2D eigenvalue weighted by molar-refractivity contribution is 6.05. The third-order valence-electron chi connectivity index (χ3n) is 4.10. The van der Waals surface area contributed by atoms with Crippen LogP contribution in [-0.4, -0.2) is 30.2 Å². The van der Waals surface area contributed by atoms with Crippen LogP contribution in [0.15, 0.2) is 59.3 Å². The van der Waals surface area contributed by atoms with Crippen LogP contribution in [0, 0.1) is 0 Å². The molecule has 2 heterocycles. The number of hydrogen-bond acceptors (Lipinski definition) is 6. The lowest BCUT2D eigenvalue weighted by Crippen LogP contribution is -2.10. The van der Waals surface area contributed by atoms with Gasteiger partial charge in [0.15, 0.2) is 11.4 Å². The van der Waals surface area contributed by atoms with Gasteiger partial charge < -0.3 is 19.2 Å². The number of hydrogen-bond donors (Lipinski definition) is 1. The summed E-state index contributed by atoms with van der Waals surface area (Å²) in [5.41, 5.74) is 3.36. The number of methoxy groups -OCH3 is 1. The summed E-state index contributed by atoms with van der Waals surface area (Å²) in [5, 5.41) is 4.25. The molecular weight excluding hydrogens is 330 g/mol. The van der Waals surface area contributed by atoms with Crippen LogP contribution in [0.3, 0.4) is 0 Å². The molecular formula is C20H19N3O3. The molecule has 4 aromatic rings. The number of anilines is 1. The summed E-state index contributed by atoms with van der Waals surface area (Å²) in [5.74, 6) is 1.51. The highest BCUT2D eigenvalue weighted by atomic mass is 16.5. The minimum atomic E-state index is 0.530. The molecule has 0 atom stereocenters. The minimum absolute atomic E-state index is 0.530. The normalized spacial score (nSPS) is 11.1. The van der Waals surface area contributed by atoms with Crippen molar-refractivity contribution < 1.29 is 13.9 Å². The zero-order chi connectivity index (χ0) is 17.8. The Kier molecular flexibility index (Phi) is 4.66. The fourth-order valence-corrected chi connectivity index (χ4v) is 2.84. The van der Waals surface area contributed by atoms with E-state index in [0.717, 1.165) is 27.8 Å². The SMILES string of the molecule is COc1cccc(COCCNc2ncnc3c2oc2ccccc23)c1. The van der Waals surface area contributed by atoms with Crippen molar-refractivity contribution in [1.29, 1.82) is 0 Å². The maximum Gasteiger partial charge on any atom is 0.196 e. The van der Waals surface area contributed by atoms with E-state index >= 15 is 0 Å². The van der Waals surface area contributed by atoms with Crippen LogP contribution in [0.1, 0.15) is 5.56 Å². The van der Waals surface area contributed by atoms with E-state index in [9.17, 15) is 0 Å². The molecule has 0 radical (unpaired) electrons. The summed E-state index contributed by atoms with van der Waals surface area (Å²) < 4.78 is 16.8. The number of benzene rings is 2. The van der Waals surface area contributed by atoms with Gasteiger partial charge in [-0.2, -0.15) is 0 Å². The molecule has 2 aromatic carbocycles. The molecule has 0 aliphatic carbocycles. The zero-order valence-electron chi connectivity index (χ0n) is 14.4. The van der Waals surface area contributed by atoms with E-state index < -0.39 is 0 Å². The topological polar surface area (TPSA) is 69.4 Å². The lowest BCUT2D eigenvalue weighted by Gasteiger charge is -2.08. The molecule has 0 bridgehead atoms. The van der Waals surface area contributed by atoms with Crippen LogP contribution >= 0.6 is 0 Å². The Hall–Kier alpha value is -3.12. The lowest BCUT2D eigenvalue weighted by atomic mass is 10.2. The van der Waals surface area contributed by atoms with Gasteiger partial charge in [-0.3, -0.25) is 0 Å². The van der Waals surface area contributed by atoms with Crippen molar-refractivity contribution in [2.24, 2.45) is 0 Å². The maximum absolute atomic E-state index is 5.89. The number of nitrogens with one attached hydrogen (secondary N) is 1. The first-order chi connectivity index (χ1) is 12.8. The molecule has 0 spiro atoms. The summed E-state index contributed by atoms with van der Waals surface area (Å²) in [6, 6.07) is 15.7. The molecule has 2 aromatic heterocycles. The van der Waals surface area contributed by atoms with E-state index in [1.807, 2.05) is 48.5 Å². The summed E-state index contributed by atoms with van der Waals surface area (Å²) in [6.07, 6.45) is 1.55. The van der Waals surface area contributed by atoms with Gasteiger partial charge in [-0.1, -0.05) is 24.3 Å². The third-order valence-corrected chi connectivity index (χ3v) is 4.10. The van der Waals surface area contributed by atoms with Crippen LogP contribution in [-0.2, 0) is 11.3 Å². The van der Waals surface area contributed by atoms with Gasteiger partial charge in [-0.25, -0.2) is 9.97 Å². The minimum Gasteiger partial charge on any atom is -0.497 e. The molecule has 0 aliphatic rings. The van der Waals surface area contributed by atoms with Crippen molar-refractivity contribution in [1.82, 2.24) is 9.97 Å². The van der Waals surface area contributed by atoms with Crippen molar-refractivity contribution in [2.45, 2.75) is 6.61 Å². The van der Waals surface area contributed by atoms with Crippen molar-refractivity contribution in [3.8, 4) is 5.75 Å². The summed E-state index contributed by atoms with van der Waals surface area (Å²) in [6.45, 7) is 1.69. The summed E-state index contributed by atoms with van der Waals surface area (Å²) in [7, 11) is 1.66. The first-order valence-electron chi connectivity index (χ1n) is 8.42. The number of ether oxygens (including phenoxy) is 2. The van der Waals surface area contributed by atoms with Gasteiger partial charge >= 0.3 is 0 Å². The predicted octanol–water partition coefficient (Wildman–Crippen LogP) is 4.01. The number of fused-ring (bicyclic) bond motifs is 3. The van der Waals surface area contributed by atoms with Crippen LogP contribution in [0.2, 0.25) is 0 Å². The van der Waals surface area contributed by atoms with E-state index in [1.165, 1.54) is 0 Å². The van der Waals surface area contributed by atoms with E-state index in [2.05, 4.69) is 15.3 Å². The van der Waals surface area contributed by atoms with Crippen LogP contribution < -0.4 is 10.1 Å². The van der Waals surface area contributed by atoms with Gasteiger partial charge in [0.2, 0.25) is 0 Å². The maximum atomic E-state index is 5.89. The molecule has 0 saturated carbocycles. The standard InChI is InChI=1S/C20H19N3O3/c1-24-15-6-4-5-14(11-15)12-25-10-9-21-20-19-18(22-13-23-20)16-7-2-3-8-17(16)26-19/h2-8,11,13H,9-10,12H2,1H3,(H,21,22,23). The van der Waals surface area contributed by atoms with Crippen molar-refractivity contribution in [2.75, 3.05) is 25.6 Å². The van der Waals surface area contributed by atoms with Crippen LogP contribution in [0.25, 0.3) is 22.1 Å². The Morgan fingerprint density at radius 3 is 2.92 bits per heavy atom. The van der Waals surface area contributed by atoms with Crippen molar-refractivity contribution >= 4 is 27.9 Å². The van der Waals surface area contributed by atoms with E-state index in [0.29, 0.717) is 31.2 Å². The second-order valence-corrected chi connectivity index (χ2v) is 5.83. The molecule has 0 unspecified atom stereocenters. The smallest absolute Gasteiger partial charge is 0.196 e. The Morgan fingerprint density at radius 1 is 1.08 bits per heavy atom. The van der Waals surface area contributed by atoms with Gasteiger partial charge in [0.1, 0.15) is 23.2 Å². The van der Waals surface area contributed by atoms with E-state index in [1.54, 1.807) is 13.4 Å². The second-order valence-electron chi connectivity index (χ2n) is 5.83. The molecule has 26 heavy (non-hydrogen) atoms. The Bertz CT molecular complexity index is 1030. The molecule has 1 N–H and O–H groups in total. The summed E-state index contributed by atoms with van der Waals surface area (Å²) in [4.78, 5) is 8.64. The van der Waals surface area contributed by atoms with Crippen LogP contribution in [0.4, 0.5) is 5.82 Å². The Morgan fingerprint density at radius 2 is 2.00 bits per heavy atom. The van der Waals surface area contributed by atoms with E-state index in [-0.39, 0.29) is 0 Å². The molecule has 4 rings (SSSR count). The highest BCUT2D eigenvalue weighted by Crippen LogP contribution is 2.30.